The molecule has 4 heteroatoms. The molecule has 0 N–H and O–H groups in total. The van der Waals surface area contributed by atoms with Gasteiger partial charge in [-0.1, -0.05) is 6.08 Å². The van der Waals surface area contributed by atoms with E-state index in [1.165, 1.54) is 0 Å². The third-order valence-corrected chi connectivity index (χ3v) is 5.38. The number of rotatable bonds is 5. The molecule has 2 aliphatic rings. The van der Waals surface area contributed by atoms with E-state index in [4.69, 9.17) is 5.26 Å². The van der Waals surface area contributed by atoms with E-state index in [1.807, 2.05) is 6.08 Å². The van der Waals surface area contributed by atoms with Crippen LogP contribution in [-0.2, 0) is 4.79 Å². The van der Waals surface area contributed by atoms with Crippen molar-refractivity contribution in [2.75, 3.05) is 0 Å². The molecule has 0 saturated heterocycles. The molecule has 2 rings (SSSR count). The molecule has 2 atom stereocenters. The number of halogens is 2. The van der Waals surface area contributed by atoms with Crippen LogP contribution < -0.4 is 0 Å². The Hall–Kier alpha value is -1.24. The fourth-order valence-electron chi connectivity index (χ4n) is 3.98. The first-order valence-corrected chi connectivity index (χ1v) is 8.39. The molecule has 0 heterocycles. The predicted octanol–water partition coefficient (Wildman–Crippen LogP) is 4.55. The highest BCUT2D eigenvalue weighted by Gasteiger charge is 2.43. The third kappa shape index (κ3) is 3.94. The van der Waals surface area contributed by atoms with Crippen LogP contribution in [0.4, 0.5) is 8.78 Å². The summed E-state index contributed by atoms with van der Waals surface area (Å²) in [5, 5.41) is 8.78. The van der Waals surface area contributed by atoms with Crippen LogP contribution in [-0.4, -0.2) is 18.1 Å². The van der Waals surface area contributed by atoms with Crippen molar-refractivity contribution in [1.82, 2.24) is 0 Å². The molecule has 0 aromatic heterocycles. The monoisotopic (exact) mass is 309 g/mol. The van der Waals surface area contributed by atoms with Crippen molar-refractivity contribution in [3.05, 3.63) is 12.7 Å². The van der Waals surface area contributed by atoms with E-state index in [1.54, 1.807) is 6.07 Å². The van der Waals surface area contributed by atoms with Gasteiger partial charge in [0.15, 0.2) is 0 Å². The molecule has 0 amide bonds. The standard InChI is InChI=1S/C18H25F2NO/c1-2-3-4-12-5-7-13(8-6-12)18(22)14-9-16(19)15(11-21)17(20)10-14/h2,12-17H,1,3-10H2. The zero-order valence-corrected chi connectivity index (χ0v) is 13.0. The third-order valence-electron chi connectivity index (χ3n) is 5.38. The molecule has 2 aliphatic carbocycles. The lowest BCUT2D eigenvalue weighted by atomic mass is 9.71. The highest BCUT2D eigenvalue weighted by Crippen LogP contribution is 2.39. The van der Waals surface area contributed by atoms with Crippen molar-refractivity contribution < 1.29 is 13.6 Å². The van der Waals surface area contributed by atoms with Gasteiger partial charge in [-0.15, -0.1) is 6.58 Å². The van der Waals surface area contributed by atoms with Crippen LogP contribution in [0.5, 0.6) is 0 Å². The van der Waals surface area contributed by atoms with Crippen LogP contribution in [0.15, 0.2) is 12.7 Å². The van der Waals surface area contributed by atoms with Gasteiger partial charge in [-0.3, -0.25) is 4.79 Å². The van der Waals surface area contributed by atoms with Crippen LogP contribution in [0.3, 0.4) is 0 Å². The molecular formula is C18H25F2NO. The normalized spacial score (nSPS) is 39.0. The quantitative estimate of drug-likeness (QED) is 0.699. The van der Waals surface area contributed by atoms with Gasteiger partial charge >= 0.3 is 0 Å². The van der Waals surface area contributed by atoms with E-state index in [-0.39, 0.29) is 24.5 Å². The average Bonchev–Trinajstić information content (AvgIpc) is 2.52. The maximum absolute atomic E-state index is 13.9. The van der Waals surface area contributed by atoms with Gasteiger partial charge in [0, 0.05) is 11.8 Å². The Morgan fingerprint density at radius 1 is 1.14 bits per heavy atom. The summed E-state index contributed by atoms with van der Waals surface area (Å²) in [5.74, 6) is -1.09. The SMILES string of the molecule is C=CCCC1CCC(C(=O)C2CC(F)C(C#N)C(F)C2)CC1. The van der Waals surface area contributed by atoms with E-state index >= 15 is 0 Å². The molecule has 0 spiro atoms. The molecule has 0 bridgehead atoms. The summed E-state index contributed by atoms with van der Waals surface area (Å²) in [5.41, 5.74) is 0. The van der Waals surface area contributed by atoms with Crippen molar-refractivity contribution in [2.45, 2.75) is 63.7 Å². The highest BCUT2D eigenvalue weighted by atomic mass is 19.1. The number of ketones is 1. The van der Waals surface area contributed by atoms with Crippen molar-refractivity contribution in [3.63, 3.8) is 0 Å². The van der Waals surface area contributed by atoms with Gasteiger partial charge in [0.25, 0.3) is 0 Å². The number of nitrogens with zero attached hydrogens (tertiary/aromatic N) is 1. The maximum atomic E-state index is 13.9. The fraction of sp³-hybridized carbons (Fsp3) is 0.778. The first-order valence-electron chi connectivity index (χ1n) is 8.39. The number of Topliss-reactive ketones (excluding diaryl/α,β-unsaturated/α-hetero) is 1. The molecule has 2 saturated carbocycles. The summed E-state index contributed by atoms with van der Waals surface area (Å²) in [6.45, 7) is 3.73. The summed E-state index contributed by atoms with van der Waals surface area (Å²) >= 11 is 0. The Labute approximate surface area is 131 Å². The Morgan fingerprint density at radius 2 is 1.73 bits per heavy atom. The van der Waals surface area contributed by atoms with Crippen LogP contribution >= 0.6 is 0 Å². The van der Waals surface area contributed by atoms with Gasteiger partial charge in [0.05, 0.1) is 6.07 Å². The number of carbonyl (C=O) groups is 1. The largest absolute Gasteiger partial charge is 0.299 e. The fourth-order valence-corrected chi connectivity index (χ4v) is 3.98. The molecule has 0 aromatic carbocycles. The Bertz CT molecular complexity index is 425. The Balaban J connectivity index is 1.85. The lowest BCUT2D eigenvalue weighted by Crippen LogP contribution is -2.40. The molecule has 0 aromatic rings. The summed E-state index contributed by atoms with van der Waals surface area (Å²) in [6.07, 6.45) is 4.81. The zero-order chi connectivity index (χ0) is 16.1. The van der Waals surface area contributed by atoms with Crippen molar-refractivity contribution in [2.24, 2.45) is 23.7 Å². The van der Waals surface area contributed by atoms with Gasteiger partial charge in [-0.05, 0) is 57.3 Å². The van der Waals surface area contributed by atoms with E-state index in [0.717, 1.165) is 38.5 Å². The molecule has 22 heavy (non-hydrogen) atoms. The van der Waals surface area contributed by atoms with Crippen molar-refractivity contribution in [3.8, 4) is 6.07 Å². The molecule has 0 aliphatic heterocycles. The van der Waals surface area contributed by atoms with E-state index in [0.29, 0.717) is 5.92 Å². The van der Waals surface area contributed by atoms with Crippen LogP contribution in [0.25, 0.3) is 0 Å². The molecule has 2 fully saturated rings. The second kappa shape index (κ2) is 7.85. The lowest BCUT2D eigenvalue weighted by molar-refractivity contribution is -0.131. The molecule has 122 valence electrons. The number of alkyl halides is 2. The average molecular weight is 309 g/mol. The predicted molar refractivity (Wildman–Crippen MR) is 81.5 cm³/mol. The topological polar surface area (TPSA) is 40.9 Å². The highest BCUT2D eigenvalue weighted by molar-refractivity contribution is 5.83. The first-order chi connectivity index (χ1) is 10.6. The van der Waals surface area contributed by atoms with E-state index < -0.39 is 24.2 Å². The summed E-state index contributed by atoms with van der Waals surface area (Å²) in [6, 6.07) is 1.70. The molecule has 0 radical (unpaired) electrons. The number of hydrogen-bond acceptors (Lipinski definition) is 2. The first kappa shape index (κ1) is 17.1. The molecular weight excluding hydrogens is 284 g/mol. The number of allylic oxidation sites excluding steroid dienone is 1. The van der Waals surface area contributed by atoms with Gasteiger partial charge in [0.2, 0.25) is 0 Å². The van der Waals surface area contributed by atoms with E-state index in [9.17, 15) is 13.6 Å². The van der Waals surface area contributed by atoms with Crippen molar-refractivity contribution in [1.29, 1.82) is 5.26 Å². The number of hydrogen-bond donors (Lipinski definition) is 0. The zero-order valence-electron chi connectivity index (χ0n) is 13.0. The van der Waals surface area contributed by atoms with E-state index in [2.05, 4.69) is 6.58 Å². The number of carbonyl (C=O) groups excluding carboxylic acids is 1. The minimum atomic E-state index is -1.51. The second-order valence-corrected chi connectivity index (χ2v) is 6.84. The van der Waals surface area contributed by atoms with Gasteiger partial charge in [-0.25, -0.2) is 8.78 Å². The Kier molecular flexibility index (Phi) is 6.11. The maximum Gasteiger partial charge on any atom is 0.139 e. The Morgan fingerprint density at radius 3 is 2.23 bits per heavy atom. The van der Waals surface area contributed by atoms with Crippen LogP contribution in [0.1, 0.15) is 51.4 Å². The van der Waals surface area contributed by atoms with Gasteiger partial charge in [-0.2, -0.15) is 5.26 Å². The lowest BCUT2D eigenvalue weighted by Gasteiger charge is -2.34. The summed E-state index contributed by atoms with van der Waals surface area (Å²) in [4.78, 5) is 12.5. The minimum Gasteiger partial charge on any atom is -0.299 e. The molecule has 2 unspecified atom stereocenters. The van der Waals surface area contributed by atoms with Crippen LogP contribution in [0.2, 0.25) is 0 Å². The smallest absolute Gasteiger partial charge is 0.139 e. The summed E-state index contributed by atoms with van der Waals surface area (Å²) in [7, 11) is 0. The number of nitriles is 1. The summed E-state index contributed by atoms with van der Waals surface area (Å²) < 4.78 is 27.7. The minimum absolute atomic E-state index is 0.0217. The van der Waals surface area contributed by atoms with Crippen molar-refractivity contribution >= 4 is 5.78 Å². The van der Waals surface area contributed by atoms with Crippen LogP contribution in [0, 0.1) is 35.0 Å². The van der Waals surface area contributed by atoms with Gasteiger partial charge < -0.3 is 0 Å². The molecule has 2 nitrogen and oxygen atoms in total. The second-order valence-electron chi connectivity index (χ2n) is 6.84. The van der Waals surface area contributed by atoms with Gasteiger partial charge in [0.1, 0.15) is 24.0 Å².